The Morgan fingerprint density at radius 2 is 1.85 bits per heavy atom. The Bertz CT molecular complexity index is 827. The van der Waals surface area contributed by atoms with Crippen LogP contribution in [0.5, 0.6) is 0 Å². The second kappa shape index (κ2) is 4.39. The van der Waals surface area contributed by atoms with E-state index in [0.717, 1.165) is 48.9 Å². The van der Waals surface area contributed by atoms with Gasteiger partial charge in [0.25, 0.3) is 0 Å². The smallest absolute Gasteiger partial charge is 0.306 e. The Kier molecular flexibility index (Phi) is 2.56. The quantitative estimate of drug-likeness (QED) is 0.472. The Balaban J connectivity index is 1.33. The molecule has 7 aliphatic rings. The van der Waals surface area contributed by atoms with Crippen LogP contribution in [0, 0.1) is 52.3 Å². The summed E-state index contributed by atoms with van der Waals surface area (Å²) in [6.07, 6.45) is 10.6. The van der Waals surface area contributed by atoms with Crippen molar-refractivity contribution >= 4 is 11.8 Å². The summed E-state index contributed by atoms with van der Waals surface area (Å²) in [6.45, 7) is 4.99. The van der Waals surface area contributed by atoms with Gasteiger partial charge in [0.2, 0.25) is 0 Å². The third-order valence-electron chi connectivity index (χ3n) is 10.9. The average molecular weight is 369 g/mol. The topological polar surface area (TPSA) is 43.4 Å². The highest BCUT2D eigenvalue weighted by Crippen LogP contribution is 2.82. The van der Waals surface area contributed by atoms with Crippen LogP contribution in [0.25, 0.3) is 0 Å². The predicted octanol–water partition coefficient (Wildman–Crippen LogP) is 4.31. The van der Waals surface area contributed by atoms with E-state index in [9.17, 15) is 9.59 Å². The molecule has 27 heavy (non-hydrogen) atoms. The lowest BCUT2D eigenvalue weighted by Gasteiger charge is -2.60. The summed E-state index contributed by atoms with van der Waals surface area (Å²) in [5, 5.41) is 0. The van der Waals surface area contributed by atoms with Gasteiger partial charge in [-0.2, -0.15) is 0 Å². The molecule has 6 aliphatic carbocycles. The second-order valence-corrected chi connectivity index (χ2v) is 11.5. The summed E-state index contributed by atoms with van der Waals surface area (Å²) in [5.74, 6) is 5.65. The molecule has 6 fully saturated rings. The highest BCUT2D eigenvalue weighted by atomic mass is 16.7. The molecule has 1 aliphatic heterocycles. The van der Waals surface area contributed by atoms with E-state index in [-0.39, 0.29) is 22.4 Å². The summed E-state index contributed by atoms with van der Waals surface area (Å²) in [7, 11) is 0. The summed E-state index contributed by atoms with van der Waals surface area (Å²) < 4.78 is 6.22. The van der Waals surface area contributed by atoms with Gasteiger partial charge in [-0.1, -0.05) is 19.4 Å². The fraction of sp³-hybridized carbons (Fsp3) is 0.833. The fourth-order valence-corrected chi connectivity index (χ4v) is 9.74. The monoisotopic (exact) mass is 369 g/mol. The first kappa shape index (κ1) is 15.8. The van der Waals surface area contributed by atoms with E-state index < -0.39 is 0 Å². The molecule has 1 saturated heterocycles. The average Bonchev–Trinajstić information content (AvgIpc) is 3.53. The van der Waals surface area contributed by atoms with E-state index in [1.165, 1.54) is 31.3 Å². The minimum absolute atomic E-state index is 0.0561. The van der Waals surface area contributed by atoms with Gasteiger partial charge >= 0.3 is 5.97 Å². The summed E-state index contributed by atoms with van der Waals surface area (Å²) in [6, 6.07) is 0. The van der Waals surface area contributed by atoms with E-state index in [1.807, 2.05) is 0 Å². The maximum absolute atomic E-state index is 12.2. The zero-order valence-corrected chi connectivity index (χ0v) is 16.5. The zero-order valence-electron chi connectivity index (χ0n) is 16.5. The highest BCUT2D eigenvalue weighted by Gasteiger charge is 2.81. The van der Waals surface area contributed by atoms with Gasteiger partial charge in [0.1, 0.15) is 5.60 Å². The molecule has 5 saturated carbocycles. The molecule has 3 nitrogen and oxygen atoms in total. The van der Waals surface area contributed by atoms with Gasteiger partial charge in [-0.15, -0.1) is 0 Å². The number of allylic oxidation sites excluding steroid dienone is 1. The molecule has 0 aromatic rings. The van der Waals surface area contributed by atoms with Gasteiger partial charge in [0.15, 0.2) is 5.78 Å². The second-order valence-electron chi connectivity index (χ2n) is 11.5. The van der Waals surface area contributed by atoms with Crippen molar-refractivity contribution in [2.24, 2.45) is 52.3 Å². The first-order valence-corrected chi connectivity index (χ1v) is 11.4. The van der Waals surface area contributed by atoms with Crippen molar-refractivity contribution in [1.29, 1.82) is 0 Å². The van der Waals surface area contributed by atoms with Gasteiger partial charge in [0.05, 0.1) is 0 Å². The van der Waals surface area contributed by atoms with Crippen LogP contribution < -0.4 is 0 Å². The molecule has 0 aromatic carbocycles. The van der Waals surface area contributed by atoms with Crippen LogP contribution in [-0.4, -0.2) is 17.4 Å². The van der Waals surface area contributed by atoms with Crippen molar-refractivity contribution in [2.75, 3.05) is 0 Å². The van der Waals surface area contributed by atoms with Crippen molar-refractivity contribution in [2.45, 2.75) is 70.8 Å². The highest BCUT2D eigenvalue weighted by molar-refractivity contribution is 5.92. The molecular formula is C24H30O3. The van der Waals surface area contributed by atoms with Gasteiger partial charge in [-0.3, -0.25) is 9.59 Å². The third-order valence-corrected chi connectivity index (χ3v) is 10.9. The number of fused-ring (bicyclic) bond motifs is 12. The number of ketones is 1. The number of ether oxygens (including phenoxy) is 1. The lowest BCUT2D eigenvalue weighted by Crippen LogP contribution is -2.57. The Labute approximate surface area is 161 Å². The third kappa shape index (κ3) is 1.58. The van der Waals surface area contributed by atoms with E-state index in [0.29, 0.717) is 24.0 Å². The molecule has 0 aromatic heterocycles. The lowest BCUT2D eigenvalue weighted by atomic mass is 9.46. The van der Waals surface area contributed by atoms with E-state index in [4.69, 9.17) is 4.74 Å². The molecule has 0 amide bonds. The Morgan fingerprint density at radius 1 is 1.00 bits per heavy atom. The van der Waals surface area contributed by atoms with Crippen molar-refractivity contribution < 1.29 is 14.3 Å². The summed E-state index contributed by atoms with van der Waals surface area (Å²) in [5.41, 5.74) is 1.85. The van der Waals surface area contributed by atoms with Crippen LogP contribution in [0.2, 0.25) is 0 Å². The van der Waals surface area contributed by atoms with Crippen LogP contribution in [0.1, 0.15) is 65.2 Å². The van der Waals surface area contributed by atoms with Gasteiger partial charge in [0, 0.05) is 24.2 Å². The normalized spacial score (nSPS) is 62.0. The molecule has 7 rings (SSSR count). The Hall–Kier alpha value is -1.12. The number of carbonyl (C=O) groups is 2. The first-order valence-electron chi connectivity index (χ1n) is 11.4. The molecule has 1 spiro atoms. The molecule has 144 valence electrons. The fourth-order valence-electron chi connectivity index (χ4n) is 9.74. The molecule has 0 bridgehead atoms. The molecule has 0 unspecified atom stereocenters. The van der Waals surface area contributed by atoms with E-state index >= 15 is 0 Å². The summed E-state index contributed by atoms with van der Waals surface area (Å²) in [4.78, 5) is 24.3. The van der Waals surface area contributed by atoms with Crippen LogP contribution in [-0.2, 0) is 14.3 Å². The Morgan fingerprint density at radius 3 is 2.63 bits per heavy atom. The molecule has 0 N–H and O–H groups in total. The van der Waals surface area contributed by atoms with Crippen molar-refractivity contribution in [1.82, 2.24) is 0 Å². The van der Waals surface area contributed by atoms with Crippen LogP contribution in [0.15, 0.2) is 11.6 Å². The lowest BCUT2D eigenvalue weighted by molar-refractivity contribution is -0.177. The zero-order chi connectivity index (χ0) is 18.3. The van der Waals surface area contributed by atoms with Crippen LogP contribution in [0.3, 0.4) is 0 Å². The number of carbonyl (C=O) groups excluding carboxylic acids is 2. The van der Waals surface area contributed by atoms with Gasteiger partial charge in [-0.05, 0) is 85.5 Å². The standard InChI is InChI=1S/C24H30O3/c1-22-6-3-12(25)9-17(22)13-10-14(13)20-16(22)4-7-23(2)21(20)15-11-18(15)24(23)8-5-19(26)27-24/h9,13-16,18,20-21H,3-8,10-11H2,1-2H3/t13-,14+,15-,16+,18+,20-,21+,22-,23+,24+/m1/s1/i5+1,8+1,19+1. The van der Waals surface area contributed by atoms with Crippen LogP contribution in [0.4, 0.5) is 0 Å². The van der Waals surface area contributed by atoms with Crippen molar-refractivity contribution in [3.05, 3.63) is 11.6 Å². The summed E-state index contributed by atoms with van der Waals surface area (Å²) >= 11 is 0. The van der Waals surface area contributed by atoms with Crippen molar-refractivity contribution in [3.63, 3.8) is 0 Å². The van der Waals surface area contributed by atoms with Crippen molar-refractivity contribution in [3.8, 4) is 0 Å². The molecule has 10 atom stereocenters. The van der Waals surface area contributed by atoms with E-state index in [1.54, 1.807) is 0 Å². The molecular weight excluding hydrogens is 339 g/mol. The molecule has 1 heterocycles. The number of hydrogen-bond acceptors (Lipinski definition) is 3. The largest absolute Gasteiger partial charge is 0.458 e. The molecule has 0 radical (unpaired) electrons. The first-order chi connectivity index (χ1) is 12.9. The van der Waals surface area contributed by atoms with Crippen LogP contribution >= 0.6 is 0 Å². The number of hydrogen-bond donors (Lipinski definition) is 0. The maximum Gasteiger partial charge on any atom is 0.306 e. The maximum atomic E-state index is 12.2. The van der Waals surface area contributed by atoms with E-state index in [2.05, 4.69) is 19.9 Å². The van der Waals surface area contributed by atoms with Gasteiger partial charge in [-0.25, -0.2) is 0 Å². The minimum atomic E-state index is -0.131. The SMILES string of the molecule is C[C@]12CCC(=O)C=C1[C@@H]1C[C@@H]1[C@H]1[C@@H]3[C@@H]4C[C@@H]4[C@@]4([13CH2][13CH2][13C](=O)O4)[C@@]3(C)CC[C@@H]12. The number of rotatable bonds is 0. The molecule has 3 heteroatoms. The number of esters is 1. The predicted molar refractivity (Wildman–Crippen MR) is 99.5 cm³/mol. The van der Waals surface area contributed by atoms with Gasteiger partial charge < -0.3 is 4.74 Å². The minimum Gasteiger partial charge on any atom is -0.458 e.